The Morgan fingerprint density at radius 2 is 1.84 bits per heavy atom. The SMILES string of the molecule is CC(CCN)c1ccc(Cl)c(-c2ccc(F)cc2)c1. The standard InChI is InChI=1S/C16H17ClFN/c1-11(8-9-19)13-4-7-16(17)15(10-13)12-2-5-14(18)6-3-12/h2-7,10-11H,8-9,19H2,1H3. The molecule has 2 N–H and O–H groups in total. The van der Waals surface area contributed by atoms with E-state index in [4.69, 9.17) is 17.3 Å². The van der Waals surface area contributed by atoms with Crippen molar-refractivity contribution >= 4 is 11.6 Å². The molecule has 0 saturated carbocycles. The summed E-state index contributed by atoms with van der Waals surface area (Å²) >= 11 is 6.23. The van der Waals surface area contributed by atoms with Gasteiger partial charge in [-0.2, -0.15) is 0 Å². The molecule has 0 spiro atoms. The van der Waals surface area contributed by atoms with E-state index in [1.165, 1.54) is 17.7 Å². The van der Waals surface area contributed by atoms with Crippen molar-refractivity contribution in [3.63, 3.8) is 0 Å². The fraction of sp³-hybridized carbons (Fsp3) is 0.250. The van der Waals surface area contributed by atoms with Gasteiger partial charge < -0.3 is 5.73 Å². The second kappa shape index (κ2) is 6.18. The number of benzene rings is 2. The zero-order valence-corrected chi connectivity index (χ0v) is 11.6. The molecule has 0 saturated heterocycles. The van der Waals surface area contributed by atoms with E-state index in [9.17, 15) is 4.39 Å². The number of hydrogen-bond acceptors (Lipinski definition) is 1. The van der Waals surface area contributed by atoms with Crippen LogP contribution in [0.3, 0.4) is 0 Å². The van der Waals surface area contributed by atoms with E-state index in [1.807, 2.05) is 12.1 Å². The van der Waals surface area contributed by atoms with Crippen LogP contribution in [0.15, 0.2) is 42.5 Å². The third-order valence-electron chi connectivity index (χ3n) is 3.31. The van der Waals surface area contributed by atoms with Crippen molar-refractivity contribution in [2.45, 2.75) is 19.3 Å². The highest BCUT2D eigenvalue weighted by Gasteiger charge is 2.09. The molecule has 0 radical (unpaired) electrons. The predicted octanol–water partition coefficient (Wildman–Crippen LogP) is 4.60. The molecule has 0 bridgehead atoms. The Kier molecular flexibility index (Phi) is 4.56. The Morgan fingerprint density at radius 1 is 1.16 bits per heavy atom. The maximum atomic E-state index is 13.0. The highest BCUT2D eigenvalue weighted by molar-refractivity contribution is 6.33. The van der Waals surface area contributed by atoms with E-state index in [2.05, 4.69) is 13.0 Å². The summed E-state index contributed by atoms with van der Waals surface area (Å²) in [5, 5.41) is 0.676. The molecule has 1 unspecified atom stereocenters. The molecule has 0 fully saturated rings. The summed E-state index contributed by atoms with van der Waals surface area (Å²) in [6, 6.07) is 12.4. The first-order chi connectivity index (χ1) is 9.11. The van der Waals surface area contributed by atoms with Gasteiger partial charge in [-0.1, -0.05) is 36.7 Å². The second-order valence-electron chi connectivity index (χ2n) is 4.72. The van der Waals surface area contributed by atoms with E-state index < -0.39 is 0 Å². The molecule has 2 aromatic carbocycles. The molecule has 2 aromatic rings. The van der Waals surface area contributed by atoms with Gasteiger partial charge in [0.05, 0.1) is 0 Å². The van der Waals surface area contributed by atoms with E-state index in [0.29, 0.717) is 17.5 Å². The Labute approximate surface area is 118 Å². The van der Waals surface area contributed by atoms with Gasteiger partial charge >= 0.3 is 0 Å². The summed E-state index contributed by atoms with van der Waals surface area (Å²) in [7, 11) is 0. The van der Waals surface area contributed by atoms with Gasteiger partial charge in [0.25, 0.3) is 0 Å². The molecule has 100 valence electrons. The summed E-state index contributed by atoms with van der Waals surface area (Å²) in [5.41, 5.74) is 8.66. The van der Waals surface area contributed by atoms with Gasteiger partial charge in [-0.3, -0.25) is 0 Å². The summed E-state index contributed by atoms with van der Waals surface area (Å²) in [6.07, 6.45) is 0.935. The minimum atomic E-state index is -0.243. The van der Waals surface area contributed by atoms with Crippen LogP contribution in [-0.4, -0.2) is 6.54 Å². The first-order valence-corrected chi connectivity index (χ1v) is 6.75. The molecule has 1 atom stereocenters. The molecule has 0 aromatic heterocycles. The first-order valence-electron chi connectivity index (χ1n) is 6.37. The normalized spacial score (nSPS) is 12.4. The number of nitrogens with two attached hydrogens (primary N) is 1. The van der Waals surface area contributed by atoms with Gasteiger partial charge in [-0.05, 0) is 54.3 Å². The van der Waals surface area contributed by atoms with Crippen LogP contribution in [0.5, 0.6) is 0 Å². The van der Waals surface area contributed by atoms with E-state index >= 15 is 0 Å². The van der Waals surface area contributed by atoms with E-state index in [-0.39, 0.29) is 5.82 Å². The largest absolute Gasteiger partial charge is 0.330 e. The van der Waals surface area contributed by atoms with Crippen molar-refractivity contribution in [1.29, 1.82) is 0 Å². The number of halogens is 2. The molecular weight excluding hydrogens is 261 g/mol. The highest BCUT2D eigenvalue weighted by Crippen LogP contribution is 2.31. The Bertz CT molecular complexity index is 551. The van der Waals surface area contributed by atoms with E-state index in [0.717, 1.165) is 17.5 Å². The fourth-order valence-electron chi connectivity index (χ4n) is 2.12. The number of hydrogen-bond donors (Lipinski definition) is 1. The summed E-state index contributed by atoms with van der Waals surface area (Å²) in [5.74, 6) is 0.147. The van der Waals surface area contributed by atoms with Crippen LogP contribution in [0, 0.1) is 5.82 Å². The minimum Gasteiger partial charge on any atom is -0.330 e. The lowest BCUT2D eigenvalue weighted by atomic mass is 9.94. The zero-order valence-electron chi connectivity index (χ0n) is 10.9. The van der Waals surface area contributed by atoms with Gasteiger partial charge in [0.2, 0.25) is 0 Å². The molecule has 0 aliphatic carbocycles. The van der Waals surface area contributed by atoms with Crippen LogP contribution in [0.2, 0.25) is 5.02 Å². The average Bonchev–Trinajstić information content (AvgIpc) is 2.41. The smallest absolute Gasteiger partial charge is 0.123 e. The lowest BCUT2D eigenvalue weighted by Gasteiger charge is -2.13. The minimum absolute atomic E-state index is 0.243. The maximum Gasteiger partial charge on any atom is 0.123 e. The maximum absolute atomic E-state index is 13.0. The Morgan fingerprint density at radius 3 is 2.47 bits per heavy atom. The van der Waals surface area contributed by atoms with Gasteiger partial charge in [0.1, 0.15) is 5.82 Å². The van der Waals surface area contributed by atoms with Crippen molar-refractivity contribution in [3.8, 4) is 11.1 Å². The van der Waals surface area contributed by atoms with Crippen molar-refractivity contribution in [2.75, 3.05) is 6.54 Å². The zero-order chi connectivity index (χ0) is 13.8. The molecule has 0 amide bonds. The average molecular weight is 278 g/mol. The van der Waals surface area contributed by atoms with Crippen LogP contribution in [0.1, 0.15) is 24.8 Å². The molecule has 0 aliphatic heterocycles. The lowest BCUT2D eigenvalue weighted by Crippen LogP contribution is -2.04. The molecular formula is C16H17ClFN. The molecule has 19 heavy (non-hydrogen) atoms. The fourth-order valence-corrected chi connectivity index (χ4v) is 2.34. The molecule has 0 aliphatic rings. The van der Waals surface area contributed by atoms with Crippen LogP contribution in [-0.2, 0) is 0 Å². The van der Waals surface area contributed by atoms with E-state index in [1.54, 1.807) is 12.1 Å². The highest BCUT2D eigenvalue weighted by atomic mass is 35.5. The first kappa shape index (κ1) is 14.0. The van der Waals surface area contributed by atoms with Crippen molar-refractivity contribution in [2.24, 2.45) is 5.73 Å². The van der Waals surface area contributed by atoms with Crippen molar-refractivity contribution < 1.29 is 4.39 Å². The van der Waals surface area contributed by atoms with Gasteiger partial charge in [-0.25, -0.2) is 4.39 Å². The molecule has 2 rings (SSSR count). The monoisotopic (exact) mass is 277 g/mol. The summed E-state index contributed by atoms with van der Waals surface area (Å²) in [4.78, 5) is 0. The van der Waals surface area contributed by atoms with Crippen molar-refractivity contribution in [3.05, 3.63) is 58.9 Å². The molecule has 0 heterocycles. The number of rotatable bonds is 4. The molecule has 1 nitrogen and oxygen atoms in total. The molecule has 3 heteroatoms. The van der Waals surface area contributed by atoms with Gasteiger partial charge in [0, 0.05) is 10.6 Å². The third-order valence-corrected chi connectivity index (χ3v) is 3.64. The van der Waals surface area contributed by atoms with Crippen molar-refractivity contribution in [1.82, 2.24) is 0 Å². The topological polar surface area (TPSA) is 26.0 Å². The third kappa shape index (κ3) is 3.34. The van der Waals surface area contributed by atoms with Gasteiger partial charge in [-0.15, -0.1) is 0 Å². The quantitative estimate of drug-likeness (QED) is 0.868. The Hall–Kier alpha value is -1.38. The van der Waals surface area contributed by atoms with Gasteiger partial charge in [0.15, 0.2) is 0 Å². The summed E-state index contributed by atoms with van der Waals surface area (Å²) in [6.45, 7) is 2.81. The van der Waals surface area contributed by atoms with Crippen LogP contribution in [0.25, 0.3) is 11.1 Å². The summed E-state index contributed by atoms with van der Waals surface area (Å²) < 4.78 is 13.0. The Balaban J connectivity index is 2.39. The predicted molar refractivity (Wildman–Crippen MR) is 78.9 cm³/mol. The second-order valence-corrected chi connectivity index (χ2v) is 5.13. The lowest BCUT2D eigenvalue weighted by molar-refractivity contribution is 0.628. The van der Waals surface area contributed by atoms with Crippen LogP contribution < -0.4 is 5.73 Å². The van der Waals surface area contributed by atoms with Crippen LogP contribution in [0.4, 0.5) is 4.39 Å². The van der Waals surface area contributed by atoms with Crippen LogP contribution >= 0.6 is 11.6 Å².